The predicted molar refractivity (Wildman–Crippen MR) is 72.3 cm³/mol. The molecule has 0 spiro atoms. The highest BCUT2D eigenvalue weighted by molar-refractivity contribution is 5.61. The first kappa shape index (κ1) is 12.9. The number of unbranched alkanes of at least 4 members (excludes halogenated alkanes) is 5. The Morgan fingerprint density at radius 1 is 0.875 bits per heavy atom. The Balaban J connectivity index is 2.26. The fourth-order valence-electron chi connectivity index (χ4n) is 1.99. The van der Waals surface area contributed by atoms with Gasteiger partial charge in [0.2, 0.25) is 0 Å². The minimum Gasteiger partial charge on any atom is -0.398 e. The lowest BCUT2D eigenvalue weighted by molar-refractivity contribution is 0.608. The van der Waals surface area contributed by atoms with Crippen LogP contribution in [0.25, 0.3) is 0 Å². The summed E-state index contributed by atoms with van der Waals surface area (Å²) in [6, 6.07) is 5.78. The molecule has 90 valence electrons. The van der Waals surface area contributed by atoms with E-state index in [2.05, 4.69) is 6.92 Å². The number of nitrogen functional groups attached to an aromatic ring is 2. The van der Waals surface area contributed by atoms with Gasteiger partial charge in [0, 0.05) is 11.4 Å². The van der Waals surface area contributed by atoms with Crippen molar-refractivity contribution in [2.75, 3.05) is 11.5 Å². The van der Waals surface area contributed by atoms with Crippen molar-refractivity contribution in [2.45, 2.75) is 51.9 Å². The topological polar surface area (TPSA) is 52.0 Å². The normalized spacial score (nSPS) is 10.6. The highest BCUT2D eigenvalue weighted by atomic mass is 14.6. The highest BCUT2D eigenvalue weighted by Gasteiger charge is 2.02. The molecule has 0 saturated heterocycles. The number of hydrogen-bond acceptors (Lipinski definition) is 2. The molecule has 2 nitrogen and oxygen atoms in total. The molecule has 0 radical (unpaired) electrons. The van der Waals surface area contributed by atoms with Crippen LogP contribution in [0.5, 0.6) is 0 Å². The second-order valence-corrected chi connectivity index (χ2v) is 4.43. The number of anilines is 2. The molecule has 0 heterocycles. The maximum absolute atomic E-state index is 5.90. The van der Waals surface area contributed by atoms with Crippen molar-refractivity contribution in [1.82, 2.24) is 0 Å². The monoisotopic (exact) mass is 220 g/mol. The molecule has 16 heavy (non-hydrogen) atoms. The van der Waals surface area contributed by atoms with E-state index in [-0.39, 0.29) is 0 Å². The van der Waals surface area contributed by atoms with Crippen LogP contribution >= 0.6 is 0 Å². The Bertz CT molecular complexity index is 287. The lowest BCUT2D eigenvalue weighted by atomic mass is 10.0. The molecule has 1 rings (SSSR count). The third-order valence-corrected chi connectivity index (χ3v) is 3.03. The van der Waals surface area contributed by atoms with Gasteiger partial charge in [0.05, 0.1) is 0 Å². The summed E-state index contributed by atoms with van der Waals surface area (Å²) in [5.74, 6) is 0. The summed E-state index contributed by atoms with van der Waals surface area (Å²) in [5, 5.41) is 0. The molecule has 0 amide bonds. The van der Waals surface area contributed by atoms with Crippen LogP contribution in [0.1, 0.15) is 51.0 Å². The molecule has 2 heteroatoms. The van der Waals surface area contributed by atoms with E-state index >= 15 is 0 Å². The molecule has 0 unspecified atom stereocenters. The summed E-state index contributed by atoms with van der Waals surface area (Å²) in [4.78, 5) is 0. The second kappa shape index (κ2) is 7.15. The first-order valence-corrected chi connectivity index (χ1v) is 6.38. The van der Waals surface area contributed by atoms with Crippen molar-refractivity contribution in [3.05, 3.63) is 23.8 Å². The summed E-state index contributed by atoms with van der Waals surface area (Å²) in [6.45, 7) is 2.24. The Kier molecular flexibility index (Phi) is 5.76. The van der Waals surface area contributed by atoms with E-state index in [1.165, 1.54) is 38.5 Å². The standard InChI is InChI=1S/C14H24N2/c1-2-3-4-5-6-7-9-12-13(15)10-8-11-14(12)16/h8,10-11H,2-7,9,15-16H2,1H3. The predicted octanol–water partition coefficient (Wildman–Crippen LogP) is 3.75. The van der Waals surface area contributed by atoms with E-state index in [0.29, 0.717) is 0 Å². The van der Waals surface area contributed by atoms with E-state index < -0.39 is 0 Å². The van der Waals surface area contributed by atoms with Gasteiger partial charge >= 0.3 is 0 Å². The highest BCUT2D eigenvalue weighted by Crippen LogP contribution is 2.21. The average Bonchev–Trinajstić information content (AvgIpc) is 2.26. The van der Waals surface area contributed by atoms with E-state index in [0.717, 1.165) is 23.4 Å². The minimum absolute atomic E-state index is 0.841. The SMILES string of the molecule is CCCCCCCCc1c(N)cccc1N. The van der Waals surface area contributed by atoms with Gasteiger partial charge < -0.3 is 11.5 Å². The van der Waals surface area contributed by atoms with Gasteiger partial charge in [-0.3, -0.25) is 0 Å². The zero-order valence-corrected chi connectivity index (χ0v) is 10.3. The van der Waals surface area contributed by atoms with Crippen molar-refractivity contribution in [3.8, 4) is 0 Å². The van der Waals surface area contributed by atoms with Crippen LogP contribution in [0.2, 0.25) is 0 Å². The van der Waals surface area contributed by atoms with E-state index in [9.17, 15) is 0 Å². The molecular formula is C14H24N2. The Morgan fingerprint density at radius 3 is 2.06 bits per heavy atom. The fraction of sp³-hybridized carbons (Fsp3) is 0.571. The van der Waals surface area contributed by atoms with Gasteiger partial charge in [-0.15, -0.1) is 0 Å². The summed E-state index contributed by atoms with van der Waals surface area (Å²) in [6.07, 6.45) is 8.85. The van der Waals surface area contributed by atoms with Gasteiger partial charge in [-0.1, -0.05) is 45.1 Å². The molecule has 0 atom stereocenters. The summed E-state index contributed by atoms with van der Waals surface area (Å²) in [7, 11) is 0. The Hall–Kier alpha value is -1.18. The van der Waals surface area contributed by atoms with Crippen LogP contribution < -0.4 is 11.5 Å². The molecule has 0 aliphatic carbocycles. The van der Waals surface area contributed by atoms with Gasteiger partial charge in [0.25, 0.3) is 0 Å². The van der Waals surface area contributed by atoms with Crippen molar-refractivity contribution < 1.29 is 0 Å². The number of benzene rings is 1. The maximum atomic E-state index is 5.90. The largest absolute Gasteiger partial charge is 0.398 e. The molecule has 0 aromatic heterocycles. The first-order chi connectivity index (χ1) is 7.75. The van der Waals surface area contributed by atoms with Crippen molar-refractivity contribution in [3.63, 3.8) is 0 Å². The smallest absolute Gasteiger partial charge is 0.0367 e. The van der Waals surface area contributed by atoms with Crippen molar-refractivity contribution >= 4 is 11.4 Å². The quantitative estimate of drug-likeness (QED) is 0.543. The average molecular weight is 220 g/mol. The molecule has 1 aromatic carbocycles. The van der Waals surface area contributed by atoms with Crippen LogP contribution in [-0.4, -0.2) is 0 Å². The lowest BCUT2D eigenvalue weighted by Crippen LogP contribution is -2.00. The van der Waals surface area contributed by atoms with Crippen LogP contribution in [-0.2, 0) is 6.42 Å². The second-order valence-electron chi connectivity index (χ2n) is 4.43. The van der Waals surface area contributed by atoms with Crippen molar-refractivity contribution in [1.29, 1.82) is 0 Å². The van der Waals surface area contributed by atoms with Gasteiger partial charge in [0.15, 0.2) is 0 Å². The van der Waals surface area contributed by atoms with Crippen LogP contribution in [0.4, 0.5) is 11.4 Å². The van der Waals surface area contributed by atoms with Crippen molar-refractivity contribution in [2.24, 2.45) is 0 Å². The molecule has 0 bridgehead atoms. The number of nitrogens with two attached hydrogens (primary N) is 2. The Morgan fingerprint density at radius 2 is 1.44 bits per heavy atom. The zero-order valence-electron chi connectivity index (χ0n) is 10.3. The molecule has 4 N–H and O–H groups in total. The summed E-state index contributed by atoms with van der Waals surface area (Å²) < 4.78 is 0. The summed E-state index contributed by atoms with van der Waals surface area (Å²) in [5.41, 5.74) is 14.6. The number of hydrogen-bond donors (Lipinski definition) is 2. The van der Waals surface area contributed by atoms with Crippen LogP contribution in [0.15, 0.2) is 18.2 Å². The van der Waals surface area contributed by atoms with Crippen LogP contribution in [0, 0.1) is 0 Å². The van der Waals surface area contributed by atoms with Gasteiger partial charge in [0.1, 0.15) is 0 Å². The van der Waals surface area contributed by atoms with E-state index in [1.54, 1.807) is 0 Å². The number of rotatable bonds is 7. The Labute approximate surface area is 99.0 Å². The maximum Gasteiger partial charge on any atom is 0.0367 e. The fourth-order valence-corrected chi connectivity index (χ4v) is 1.99. The van der Waals surface area contributed by atoms with Gasteiger partial charge in [-0.05, 0) is 30.5 Å². The third-order valence-electron chi connectivity index (χ3n) is 3.03. The molecular weight excluding hydrogens is 196 g/mol. The molecule has 0 fully saturated rings. The van der Waals surface area contributed by atoms with Gasteiger partial charge in [-0.25, -0.2) is 0 Å². The zero-order chi connectivity index (χ0) is 11.8. The van der Waals surface area contributed by atoms with Gasteiger partial charge in [-0.2, -0.15) is 0 Å². The van der Waals surface area contributed by atoms with E-state index in [4.69, 9.17) is 11.5 Å². The molecule has 0 aliphatic heterocycles. The van der Waals surface area contributed by atoms with E-state index in [1.807, 2.05) is 18.2 Å². The summed E-state index contributed by atoms with van der Waals surface area (Å²) >= 11 is 0. The minimum atomic E-state index is 0.841. The molecule has 1 aromatic rings. The third kappa shape index (κ3) is 4.13. The first-order valence-electron chi connectivity index (χ1n) is 6.38. The lowest BCUT2D eigenvalue weighted by Gasteiger charge is -2.08. The molecule has 0 aliphatic rings. The molecule has 0 saturated carbocycles. The van der Waals surface area contributed by atoms with Crippen LogP contribution in [0.3, 0.4) is 0 Å².